The van der Waals surface area contributed by atoms with E-state index in [1.165, 1.54) is 0 Å². The minimum Gasteiger partial charge on any atom is -0.323 e. The van der Waals surface area contributed by atoms with Gasteiger partial charge in [0, 0.05) is 26.5 Å². The second kappa shape index (κ2) is 5.03. The molecule has 0 fully saturated rings. The molecular weight excluding hydrogens is 378 g/mol. The van der Waals surface area contributed by atoms with Crippen molar-refractivity contribution >= 4 is 11.5 Å². The third-order valence-electron chi connectivity index (χ3n) is 2.71. The smallest absolute Gasteiger partial charge is 0.158 e. The molecule has 87 valence electrons. The number of ketones is 1. The molecule has 0 unspecified atom stereocenters. The number of Topliss-reactive ketones (excluding diaryl/α,β-unsaturated/α-hetero) is 1. The molecule has 0 N–H and O–H groups in total. The van der Waals surface area contributed by atoms with E-state index in [-0.39, 0.29) is 25.9 Å². The van der Waals surface area contributed by atoms with Gasteiger partial charge in [-0.1, -0.05) is 0 Å². The number of nitrogens with zero attached hydrogens (tertiary/aromatic N) is 1. The molecule has 0 aromatic heterocycles. The summed E-state index contributed by atoms with van der Waals surface area (Å²) in [5.41, 5.74) is 1.45. The van der Waals surface area contributed by atoms with E-state index in [0.29, 0.717) is 6.42 Å². The van der Waals surface area contributed by atoms with Crippen LogP contribution in [-0.2, 0) is 24.9 Å². The minimum atomic E-state index is -0.558. The van der Waals surface area contributed by atoms with Crippen LogP contribution in [0.5, 0.6) is 0 Å². The summed E-state index contributed by atoms with van der Waals surface area (Å²) in [6, 6.07) is 10.9. The third kappa shape index (κ3) is 2.66. The van der Waals surface area contributed by atoms with Crippen LogP contribution >= 0.6 is 0 Å². The Balaban J connectivity index is 0.00000128. The van der Waals surface area contributed by atoms with Gasteiger partial charge in [0.1, 0.15) is 5.54 Å². The molecule has 1 radical (unpaired) electrons. The number of benzene rings is 1. The average molecular weight is 392 g/mol. The number of hydrogen-bond donors (Lipinski definition) is 0. The fourth-order valence-electron chi connectivity index (χ4n) is 1.76. The van der Waals surface area contributed by atoms with E-state index in [1.54, 1.807) is 0 Å². The molecular formula is C13H14IrNO-. The Morgan fingerprint density at radius 1 is 1.31 bits per heavy atom. The van der Waals surface area contributed by atoms with E-state index in [2.05, 4.69) is 11.1 Å². The molecule has 0 amide bonds. The normalized spacial score (nSPS) is 18.6. The van der Waals surface area contributed by atoms with Crippen LogP contribution in [0.2, 0.25) is 0 Å². The summed E-state index contributed by atoms with van der Waals surface area (Å²) < 4.78 is 0. The molecule has 1 heterocycles. The molecule has 0 aliphatic carbocycles. The Hall–Kier alpha value is -0.791. The van der Waals surface area contributed by atoms with E-state index >= 15 is 0 Å². The van der Waals surface area contributed by atoms with Gasteiger partial charge in [0.15, 0.2) is 5.78 Å². The van der Waals surface area contributed by atoms with Crippen molar-refractivity contribution in [3.05, 3.63) is 35.9 Å². The molecule has 1 aromatic rings. The maximum absolute atomic E-state index is 11.6. The first-order chi connectivity index (χ1) is 7.09. The fourth-order valence-corrected chi connectivity index (χ4v) is 1.76. The SMILES string of the molecule is CC1(C)N=C(c2[c-]cccc2)CCC1=O.[Ir]. The predicted molar refractivity (Wildman–Crippen MR) is 60.1 cm³/mol. The van der Waals surface area contributed by atoms with Crippen LogP contribution < -0.4 is 0 Å². The molecule has 16 heavy (non-hydrogen) atoms. The molecule has 1 aliphatic rings. The number of rotatable bonds is 1. The summed E-state index contributed by atoms with van der Waals surface area (Å²) in [6.45, 7) is 3.74. The maximum Gasteiger partial charge on any atom is 0.158 e. The van der Waals surface area contributed by atoms with Crippen molar-refractivity contribution in [1.29, 1.82) is 0 Å². The molecule has 0 saturated heterocycles. The largest absolute Gasteiger partial charge is 0.323 e. The first-order valence-corrected chi connectivity index (χ1v) is 5.19. The van der Waals surface area contributed by atoms with E-state index in [0.717, 1.165) is 17.7 Å². The van der Waals surface area contributed by atoms with Crippen LogP contribution in [0.1, 0.15) is 32.3 Å². The third-order valence-corrected chi connectivity index (χ3v) is 2.71. The van der Waals surface area contributed by atoms with Gasteiger partial charge in [-0.05, 0) is 26.0 Å². The van der Waals surface area contributed by atoms with Gasteiger partial charge in [-0.3, -0.25) is 4.79 Å². The molecule has 1 aliphatic heterocycles. The van der Waals surface area contributed by atoms with E-state index in [4.69, 9.17) is 0 Å². The van der Waals surface area contributed by atoms with Crippen molar-refractivity contribution in [2.24, 2.45) is 4.99 Å². The maximum atomic E-state index is 11.6. The topological polar surface area (TPSA) is 29.4 Å². The second-order valence-electron chi connectivity index (χ2n) is 4.32. The second-order valence-corrected chi connectivity index (χ2v) is 4.32. The van der Waals surface area contributed by atoms with Crippen molar-refractivity contribution in [1.82, 2.24) is 0 Å². The van der Waals surface area contributed by atoms with Gasteiger partial charge in [0.25, 0.3) is 0 Å². The van der Waals surface area contributed by atoms with Gasteiger partial charge in [-0.2, -0.15) is 0 Å². The summed E-state index contributed by atoms with van der Waals surface area (Å²) >= 11 is 0. The monoisotopic (exact) mass is 393 g/mol. The quantitative estimate of drug-likeness (QED) is 0.675. The van der Waals surface area contributed by atoms with Crippen molar-refractivity contribution in [3.63, 3.8) is 0 Å². The van der Waals surface area contributed by atoms with Gasteiger partial charge in [0.2, 0.25) is 0 Å². The Morgan fingerprint density at radius 3 is 2.62 bits per heavy atom. The van der Waals surface area contributed by atoms with Crippen LogP contribution in [0.25, 0.3) is 0 Å². The average Bonchev–Trinajstić information content (AvgIpc) is 2.23. The van der Waals surface area contributed by atoms with Gasteiger partial charge in [-0.15, -0.1) is 35.9 Å². The summed E-state index contributed by atoms with van der Waals surface area (Å²) in [5.74, 6) is 0.224. The molecule has 3 heteroatoms. The zero-order chi connectivity index (χ0) is 10.9. The van der Waals surface area contributed by atoms with Gasteiger partial charge >= 0.3 is 0 Å². The van der Waals surface area contributed by atoms with E-state index in [1.807, 2.05) is 38.1 Å². The van der Waals surface area contributed by atoms with Crippen molar-refractivity contribution in [2.75, 3.05) is 0 Å². The Labute approximate surface area is 110 Å². The van der Waals surface area contributed by atoms with Crippen molar-refractivity contribution < 1.29 is 24.9 Å². The Bertz CT molecular complexity index is 409. The summed E-state index contributed by atoms with van der Waals surface area (Å²) in [4.78, 5) is 16.1. The number of carbonyl (C=O) groups is 1. The van der Waals surface area contributed by atoms with Crippen molar-refractivity contribution in [3.8, 4) is 0 Å². The molecule has 2 rings (SSSR count). The van der Waals surface area contributed by atoms with E-state index < -0.39 is 5.54 Å². The number of carbonyl (C=O) groups excluding carboxylic acids is 1. The molecule has 1 aromatic carbocycles. The summed E-state index contributed by atoms with van der Waals surface area (Å²) in [7, 11) is 0. The Kier molecular flexibility index (Phi) is 4.17. The molecule has 2 nitrogen and oxygen atoms in total. The minimum absolute atomic E-state index is 0. The number of aliphatic imine (C=N–C) groups is 1. The van der Waals surface area contributed by atoms with Crippen LogP contribution in [0.15, 0.2) is 29.3 Å². The standard InChI is InChI=1S/C13H14NO.Ir/c1-13(2)12(15)9-8-11(14-13)10-6-4-3-5-7-10;/h3-6H,8-9H2,1-2H3;/q-1;. The van der Waals surface area contributed by atoms with Crippen LogP contribution in [0.3, 0.4) is 0 Å². The van der Waals surface area contributed by atoms with Gasteiger partial charge in [0.05, 0.1) is 0 Å². The van der Waals surface area contributed by atoms with Gasteiger partial charge in [-0.25, -0.2) is 0 Å². The fraction of sp³-hybridized carbons (Fsp3) is 0.385. The molecule has 0 atom stereocenters. The Morgan fingerprint density at radius 2 is 2.06 bits per heavy atom. The zero-order valence-electron chi connectivity index (χ0n) is 9.41. The van der Waals surface area contributed by atoms with Crippen LogP contribution in [0, 0.1) is 6.07 Å². The van der Waals surface area contributed by atoms with Crippen molar-refractivity contribution in [2.45, 2.75) is 32.2 Å². The predicted octanol–water partition coefficient (Wildman–Crippen LogP) is 2.41. The first kappa shape index (κ1) is 13.3. The van der Waals surface area contributed by atoms with Gasteiger partial charge < -0.3 is 4.99 Å². The summed E-state index contributed by atoms with van der Waals surface area (Å²) in [6.07, 6.45) is 1.33. The first-order valence-electron chi connectivity index (χ1n) is 5.19. The van der Waals surface area contributed by atoms with Crippen LogP contribution in [-0.4, -0.2) is 17.0 Å². The molecule has 0 spiro atoms. The van der Waals surface area contributed by atoms with Crippen LogP contribution in [0.4, 0.5) is 0 Å². The van der Waals surface area contributed by atoms with E-state index in [9.17, 15) is 4.79 Å². The molecule has 0 bridgehead atoms. The number of hydrogen-bond acceptors (Lipinski definition) is 2. The zero-order valence-corrected chi connectivity index (χ0v) is 11.8. The molecule has 0 saturated carbocycles. The summed E-state index contributed by atoms with van der Waals surface area (Å²) in [5, 5.41) is 0.